The lowest BCUT2D eigenvalue weighted by atomic mass is 10.0. The Morgan fingerprint density at radius 3 is 2.55 bits per heavy atom. The van der Waals surface area contributed by atoms with E-state index < -0.39 is 17.5 Å². The maximum atomic E-state index is 12.5. The molecule has 0 bridgehead atoms. The van der Waals surface area contributed by atoms with Gasteiger partial charge in [-0.1, -0.05) is 6.07 Å². The summed E-state index contributed by atoms with van der Waals surface area (Å²) in [5.74, 6) is -0.472. The van der Waals surface area contributed by atoms with Gasteiger partial charge in [0.2, 0.25) is 0 Å². The first-order valence-electron chi connectivity index (χ1n) is 5.64. The lowest BCUT2D eigenvalue weighted by Gasteiger charge is -2.10. The van der Waals surface area contributed by atoms with E-state index >= 15 is 0 Å². The Hall–Kier alpha value is -2.15. The molecule has 20 heavy (non-hydrogen) atoms. The monoisotopic (exact) mass is 285 g/mol. The van der Waals surface area contributed by atoms with Crippen LogP contribution >= 0.6 is 0 Å². The van der Waals surface area contributed by atoms with E-state index in [9.17, 15) is 18.3 Å². The largest absolute Gasteiger partial charge is 0.507 e. The van der Waals surface area contributed by atoms with Gasteiger partial charge in [0, 0.05) is 12.1 Å². The van der Waals surface area contributed by atoms with Crippen molar-refractivity contribution in [3.05, 3.63) is 35.4 Å². The minimum Gasteiger partial charge on any atom is -0.507 e. The van der Waals surface area contributed by atoms with Crippen LogP contribution in [-0.2, 0) is 6.18 Å². The molecule has 0 unspecified atom stereocenters. The van der Waals surface area contributed by atoms with E-state index in [2.05, 4.69) is 4.99 Å². The molecular weight excluding hydrogens is 271 g/mol. The van der Waals surface area contributed by atoms with Gasteiger partial charge in [0.1, 0.15) is 12.1 Å². The van der Waals surface area contributed by atoms with Gasteiger partial charge in [0.25, 0.3) is 0 Å². The third-order valence-corrected chi connectivity index (χ3v) is 2.57. The molecule has 0 saturated carbocycles. The van der Waals surface area contributed by atoms with Gasteiger partial charge in [0.05, 0.1) is 11.3 Å². The highest BCUT2D eigenvalue weighted by molar-refractivity contribution is 6.05. The van der Waals surface area contributed by atoms with Crippen molar-refractivity contribution in [2.75, 3.05) is 6.54 Å². The first-order valence-corrected chi connectivity index (χ1v) is 5.64. The molecule has 0 aromatic heterocycles. The number of halogens is 3. The number of rotatable bonds is 4. The summed E-state index contributed by atoms with van der Waals surface area (Å²) in [6.07, 6.45) is -2.18. The number of alkyl halides is 3. The summed E-state index contributed by atoms with van der Waals surface area (Å²) >= 11 is 0. The number of hydrogen-bond acceptors (Lipinski definition) is 3. The number of aromatic hydroxyl groups is 1. The van der Waals surface area contributed by atoms with E-state index in [-0.39, 0.29) is 12.1 Å². The van der Waals surface area contributed by atoms with Crippen LogP contribution in [0.1, 0.15) is 18.1 Å². The Morgan fingerprint density at radius 2 is 2.10 bits per heavy atom. The summed E-state index contributed by atoms with van der Waals surface area (Å²) in [5, 5.41) is 16.5. The number of nitrogens with zero attached hydrogens (tertiary/aromatic N) is 1. The molecule has 4 nitrogen and oxygen atoms in total. The van der Waals surface area contributed by atoms with Crippen LogP contribution in [0.3, 0.4) is 0 Å². The van der Waals surface area contributed by atoms with Crippen LogP contribution in [0.4, 0.5) is 13.2 Å². The second kappa shape index (κ2) is 6.33. The zero-order valence-electron chi connectivity index (χ0n) is 10.7. The van der Waals surface area contributed by atoms with Gasteiger partial charge in [-0.25, -0.2) is 4.99 Å². The predicted octanol–water partition coefficient (Wildman–Crippen LogP) is 2.82. The number of phenolic OH excluding ortho intramolecular Hbond substituents is 1. The third-order valence-electron chi connectivity index (χ3n) is 2.57. The van der Waals surface area contributed by atoms with Gasteiger partial charge >= 0.3 is 6.18 Å². The maximum absolute atomic E-state index is 12.5. The van der Waals surface area contributed by atoms with E-state index in [4.69, 9.17) is 11.1 Å². The minimum atomic E-state index is -4.50. The molecule has 0 amide bonds. The fraction of sp³-hybridized carbons (Fsp3) is 0.231. The number of aliphatic imine (C=N–C) groups is 1. The van der Waals surface area contributed by atoms with Gasteiger partial charge < -0.3 is 10.8 Å². The molecule has 0 saturated heterocycles. The second-order valence-corrected chi connectivity index (χ2v) is 4.01. The van der Waals surface area contributed by atoms with Crippen molar-refractivity contribution in [2.24, 2.45) is 10.7 Å². The van der Waals surface area contributed by atoms with Crippen molar-refractivity contribution >= 4 is 17.6 Å². The summed E-state index contributed by atoms with van der Waals surface area (Å²) in [4.78, 5) is 3.69. The van der Waals surface area contributed by atoms with Crippen molar-refractivity contribution in [2.45, 2.75) is 13.1 Å². The van der Waals surface area contributed by atoms with Crippen LogP contribution in [-0.4, -0.2) is 23.7 Å². The van der Waals surface area contributed by atoms with Crippen LogP contribution in [0.25, 0.3) is 5.57 Å². The molecule has 0 aliphatic heterocycles. The van der Waals surface area contributed by atoms with Gasteiger partial charge in [-0.3, -0.25) is 5.41 Å². The first-order chi connectivity index (χ1) is 9.29. The molecule has 0 heterocycles. The first kappa shape index (κ1) is 15.9. The summed E-state index contributed by atoms with van der Waals surface area (Å²) in [6.45, 7) is 1.69. The standard InChI is InChI=1S/C13H14F3N3O/c1-8(4-10(6-17)19-7-18)11-3-2-9(5-12(11)20)13(14,15)16/h2-5,7,18,20H,6,17H2,1H3/b8-4+,18-7?,19-10+. The van der Waals surface area contributed by atoms with Crippen molar-refractivity contribution in [3.63, 3.8) is 0 Å². The molecule has 0 fully saturated rings. The lowest BCUT2D eigenvalue weighted by molar-refractivity contribution is -0.137. The van der Waals surface area contributed by atoms with Crippen LogP contribution in [0.2, 0.25) is 0 Å². The number of hydrogen-bond donors (Lipinski definition) is 3. The lowest BCUT2D eigenvalue weighted by Crippen LogP contribution is -2.11. The minimum absolute atomic E-state index is 0.0775. The van der Waals surface area contributed by atoms with Crippen molar-refractivity contribution in [1.82, 2.24) is 0 Å². The molecule has 0 atom stereocenters. The van der Waals surface area contributed by atoms with E-state index in [1.165, 1.54) is 12.1 Å². The highest BCUT2D eigenvalue weighted by Gasteiger charge is 2.31. The van der Waals surface area contributed by atoms with Crippen molar-refractivity contribution in [1.29, 1.82) is 5.41 Å². The number of nitrogens with two attached hydrogens (primary N) is 1. The van der Waals surface area contributed by atoms with Gasteiger partial charge in [0.15, 0.2) is 0 Å². The number of nitrogens with one attached hydrogen (secondary N) is 1. The average Bonchev–Trinajstić information content (AvgIpc) is 2.36. The fourth-order valence-electron chi connectivity index (χ4n) is 1.60. The molecule has 0 spiro atoms. The summed E-state index contributed by atoms with van der Waals surface area (Å²) < 4.78 is 37.4. The Labute approximate surface area is 114 Å². The van der Waals surface area contributed by atoms with Crippen LogP contribution in [0.15, 0.2) is 29.3 Å². The van der Waals surface area contributed by atoms with Gasteiger partial charge in [-0.15, -0.1) is 0 Å². The van der Waals surface area contributed by atoms with Gasteiger partial charge in [-0.05, 0) is 30.7 Å². The molecule has 1 aromatic rings. The second-order valence-electron chi connectivity index (χ2n) is 4.01. The Balaban J connectivity index is 3.18. The van der Waals surface area contributed by atoms with Crippen molar-refractivity contribution < 1.29 is 18.3 Å². The van der Waals surface area contributed by atoms with Crippen LogP contribution in [0.5, 0.6) is 5.75 Å². The Kier molecular flexibility index (Phi) is 5.04. The topological polar surface area (TPSA) is 82.5 Å². The quantitative estimate of drug-likeness (QED) is 0.587. The Bertz CT molecular complexity index is 562. The molecule has 1 aromatic carbocycles. The Morgan fingerprint density at radius 1 is 1.45 bits per heavy atom. The zero-order chi connectivity index (χ0) is 15.3. The third kappa shape index (κ3) is 3.92. The van der Waals surface area contributed by atoms with Crippen LogP contribution < -0.4 is 5.73 Å². The summed E-state index contributed by atoms with van der Waals surface area (Å²) in [5.41, 5.74) is 5.64. The molecule has 0 radical (unpaired) electrons. The van der Waals surface area contributed by atoms with E-state index in [0.717, 1.165) is 12.4 Å². The highest BCUT2D eigenvalue weighted by Crippen LogP contribution is 2.34. The summed E-state index contributed by atoms with van der Waals surface area (Å²) in [6, 6.07) is 2.74. The smallest absolute Gasteiger partial charge is 0.416 e. The van der Waals surface area contributed by atoms with Crippen molar-refractivity contribution in [3.8, 4) is 5.75 Å². The molecule has 108 valence electrons. The molecule has 0 aliphatic rings. The van der Waals surface area contributed by atoms with Gasteiger partial charge in [-0.2, -0.15) is 13.2 Å². The van der Waals surface area contributed by atoms with E-state index in [1.54, 1.807) is 6.92 Å². The molecule has 1 rings (SSSR count). The number of phenols is 1. The number of allylic oxidation sites excluding steroid dienone is 1. The predicted molar refractivity (Wildman–Crippen MR) is 72.0 cm³/mol. The molecule has 7 heteroatoms. The summed E-state index contributed by atoms with van der Waals surface area (Å²) in [7, 11) is 0. The molecule has 0 aliphatic carbocycles. The SMILES string of the molecule is C/C(=C\C(CN)=N/C=N)c1ccc(C(F)(F)F)cc1O. The number of benzene rings is 1. The zero-order valence-corrected chi connectivity index (χ0v) is 10.7. The normalized spacial score (nSPS) is 13.4. The molecular formula is C13H14F3N3O. The average molecular weight is 285 g/mol. The molecule has 4 N–H and O–H groups in total. The van der Waals surface area contributed by atoms with Crippen LogP contribution in [0, 0.1) is 5.41 Å². The van der Waals surface area contributed by atoms with E-state index in [1.807, 2.05) is 0 Å². The van der Waals surface area contributed by atoms with E-state index in [0.29, 0.717) is 17.4 Å². The maximum Gasteiger partial charge on any atom is 0.416 e. The highest BCUT2D eigenvalue weighted by atomic mass is 19.4. The fourth-order valence-corrected chi connectivity index (χ4v) is 1.60.